The summed E-state index contributed by atoms with van der Waals surface area (Å²) < 4.78 is 0. The predicted molar refractivity (Wildman–Crippen MR) is 79.1 cm³/mol. The molecule has 18 heavy (non-hydrogen) atoms. The Morgan fingerprint density at radius 2 is 1.67 bits per heavy atom. The molecule has 2 rings (SSSR count). The summed E-state index contributed by atoms with van der Waals surface area (Å²) in [5.41, 5.74) is 4.05. The molecule has 0 atom stereocenters. The second-order valence-corrected chi connectivity index (χ2v) is 4.57. The maximum Gasteiger partial charge on any atom is 0.0342 e. The van der Waals surface area contributed by atoms with Gasteiger partial charge in [0.15, 0.2) is 0 Å². The van der Waals surface area contributed by atoms with Crippen LogP contribution in [0.2, 0.25) is 0 Å². The molecule has 2 aromatic rings. The van der Waals surface area contributed by atoms with E-state index in [2.05, 4.69) is 66.8 Å². The van der Waals surface area contributed by atoms with Gasteiger partial charge in [-0.05, 0) is 42.5 Å². The Balaban J connectivity index is 1.75. The van der Waals surface area contributed by atoms with E-state index in [4.69, 9.17) is 0 Å². The van der Waals surface area contributed by atoms with Crippen molar-refractivity contribution in [2.45, 2.75) is 26.2 Å². The molecule has 0 bridgehead atoms. The number of benzene rings is 2. The van der Waals surface area contributed by atoms with E-state index in [0.29, 0.717) is 0 Å². The van der Waals surface area contributed by atoms with Crippen LogP contribution in [0.5, 0.6) is 0 Å². The highest BCUT2D eigenvalue weighted by Crippen LogP contribution is 2.11. The molecule has 0 aliphatic heterocycles. The summed E-state index contributed by atoms with van der Waals surface area (Å²) in [5, 5.41) is 3.49. The average Bonchev–Trinajstić information content (AvgIpc) is 2.45. The Labute approximate surface area is 110 Å². The minimum Gasteiger partial charge on any atom is -0.385 e. The molecule has 0 saturated heterocycles. The first kappa shape index (κ1) is 12.7. The highest BCUT2D eigenvalue weighted by atomic mass is 14.9. The average molecular weight is 239 g/mol. The molecule has 0 heterocycles. The number of anilines is 1. The SMILES string of the molecule is CCc1cccc(NCCCc2ccccc2)c1. The van der Waals surface area contributed by atoms with Crippen LogP contribution in [-0.2, 0) is 12.8 Å². The van der Waals surface area contributed by atoms with E-state index < -0.39 is 0 Å². The summed E-state index contributed by atoms with van der Waals surface area (Å²) in [6.45, 7) is 3.22. The zero-order chi connectivity index (χ0) is 12.6. The third kappa shape index (κ3) is 3.92. The molecule has 0 spiro atoms. The maximum atomic E-state index is 3.49. The van der Waals surface area contributed by atoms with Gasteiger partial charge in [-0.3, -0.25) is 0 Å². The highest BCUT2D eigenvalue weighted by Gasteiger charge is 1.95. The van der Waals surface area contributed by atoms with Crippen molar-refractivity contribution >= 4 is 5.69 Å². The smallest absolute Gasteiger partial charge is 0.0342 e. The Morgan fingerprint density at radius 3 is 2.44 bits per heavy atom. The summed E-state index contributed by atoms with van der Waals surface area (Å²) in [5.74, 6) is 0. The van der Waals surface area contributed by atoms with Gasteiger partial charge < -0.3 is 5.32 Å². The number of hydrogen-bond acceptors (Lipinski definition) is 1. The van der Waals surface area contributed by atoms with Crippen LogP contribution in [0, 0.1) is 0 Å². The van der Waals surface area contributed by atoms with Gasteiger partial charge in [0, 0.05) is 12.2 Å². The van der Waals surface area contributed by atoms with Gasteiger partial charge in [0.2, 0.25) is 0 Å². The topological polar surface area (TPSA) is 12.0 Å². The fourth-order valence-corrected chi connectivity index (χ4v) is 2.07. The number of hydrogen-bond donors (Lipinski definition) is 1. The Kier molecular flexibility index (Phi) is 4.83. The molecule has 0 aliphatic carbocycles. The summed E-state index contributed by atoms with van der Waals surface area (Å²) in [4.78, 5) is 0. The molecule has 1 heteroatoms. The Morgan fingerprint density at radius 1 is 0.889 bits per heavy atom. The second-order valence-electron chi connectivity index (χ2n) is 4.57. The third-order valence-electron chi connectivity index (χ3n) is 3.15. The van der Waals surface area contributed by atoms with E-state index in [1.807, 2.05) is 0 Å². The monoisotopic (exact) mass is 239 g/mol. The molecule has 0 aliphatic rings. The van der Waals surface area contributed by atoms with Crippen molar-refractivity contribution in [2.75, 3.05) is 11.9 Å². The number of aryl methyl sites for hydroxylation is 2. The summed E-state index contributed by atoms with van der Waals surface area (Å²) in [6.07, 6.45) is 3.40. The molecule has 0 amide bonds. The van der Waals surface area contributed by atoms with Crippen LogP contribution in [0.1, 0.15) is 24.5 Å². The first-order valence-corrected chi connectivity index (χ1v) is 6.75. The standard InChI is InChI=1S/C17H21N/c1-2-15-10-6-12-17(14-15)18-13-7-11-16-8-4-3-5-9-16/h3-6,8-10,12,14,18H,2,7,11,13H2,1H3. The van der Waals surface area contributed by atoms with Crippen molar-refractivity contribution in [3.05, 3.63) is 65.7 Å². The van der Waals surface area contributed by atoms with Gasteiger partial charge >= 0.3 is 0 Å². The molecule has 0 radical (unpaired) electrons. The van der Waals surface area contributed by atoms with E-state index in [9.17, 15) is 0 Å². The van der Waals surface area contributed by atoms with E-state index in [-0.39, 0.29) is 0 Å². The largest absolute Gasteiger partial charge is 0.385 e. The molecular weight excluding hydrogens is 218 g/mol. The van der Waals surface area contributed by atoms with Crippen LogP contribution in [-0.4, -0.2) is 6.54 Å². The van der Waals surface area contributed by atoms with Gasteiger partial charge in [0.05, 0.1) is 0 Å². The predicted octanol–water partition coefficient (Wildman–Crippen LogP) is 4.29. The van der Waals surface area contributed by atoms with E-state index in [0.717, 1.165) is 19.4 Å². The van der Waals surface area contributed by atoms with Crippen LogP contribution in [0.3, 0.4) is 0 Å². The van der Waals surface area contributed by atoms with Crippen LogP contribution >= 0.6 is 0 Å². The van der Waals surface area contributed by atoms with Crippen molar-refractivity contribution in [2.24, 2.45) is 0 Å². The Hall–Kier alpha value is -1.76. The fraction of sp³-hybridized carbons (Fsp3) is 0.294. The molecule has 1 N–H and O–H groups in total. The van der Waals surface area contributed by atoms with Crippen LogP contribution in [0.25, 0.3) is 0 Å². The van der Waals surface area contributed by atoms with Gasteiger partial charge in [0.1, 0.15) is 0 Å². The van der Waals surface area contributed by atoms with Gasteiger partial charge in [-0.15, -0.1) is 0 Å². The molecule has 94 valence electrons. The first-order chi connectivity index (χ1) is 8.88. The molecule has 0 unspecified atom stereocenters. The molecule has 0 fully saturated rings. The first-order valence-electron chi connectivity index (χ1n) is 6.75. The lowest BCUT2D eigenvalue weighted by molar-refractivity contribution is 0.863. The van der Waals surface area contributed by atoms with Crippen molar-refractivity contribution in [1.29, 1.82) is 0 Å². The van der Waals surface area contributed by atoms with Crippen LogP contribution in [0.15, 0.2) is 54.6 Å². The van der Waals surface area contributed by atoms with Gasteiger partial charge in [-0.25, -0.2) is 0 Å². The summed E-state index contributed by atoms with van der Waals surface area (Å²) >= 11 is 0. The van der Waals surface area contributed by atoms with E-state index >= 15 is 0 Å². The molecule has 1 nitrogen and oxygen atoms in total. The minimum absolute atomic E-state index is 1.03. The van der Waals surface area contributed by atoms with E-state index in [1.165, 1.54) is 23.2 Å². The maximum absolute atomic E-state index is 3.49. The minimum atomic E-state index is 1.03. The van der Waals surface area contributed by atoms with Crippen molar-refractivity contribution in [3.8, 4) is 0 Å². The van der Waals surface area contributed by atoms with Crippen molar-refractivity contribution in [1.82, 2.24) is 0 Å². The van der Waals surface area contributed by atoms with Crippen molar-refractivity contribution in [3.63, 3.8) is 0 Å². The van der Waals surface area contributed by atoms with Gasteiger partial charge in [0.25, 0.3) is 0 Å². The summed E-state index contributed by atoms with van der Waals surface area (Å²) in [6, 6.07) is 19.3. The molecule has 0 saturated carbocycles. The number of nitrogens with one attached hydrogen (secondary N) is 1. The molecule has 0 aromatic heterocycles. The molecule has 2 aromatic carbocycles. The summed E-state index contributed by atoms with van der Waals surface area (Å²) in [7, 11) is 0. The van der Waals surface area contributed by atoms with Crippen LogP contribution < -0.4 is 5.32 Å². The third-order valence-corrected chi connectivity index (χ3v) is 3.15. The van der Waals surface area contributed by atoms with Gasteiger partial charge in [-0.2, -0.15) is 0 Å². The quantitative estimate of drug-likeness (QED) is 0.741. The number of rotatable bonds is 6. The lowest BCUT2D eigenvalue weighted by Gasteiger charge is -2.07. The lowest BCUT2D eigenvalue weighted by atomic mass is 10.1. The zero-order valence-electron chi connectivity index (χ0n) is 11.0. The van der Waals surface area contributed by atoms with Crippen molar-refractivity contribution < 1.29 is 0 Å². The Bertz CT molecular complexity index is 462. The fourth-order valence-electron chi connectivity index (χ4n) is 2.07. The second kappa shape index (κ2) is 6.85. The lowest BCUT2D eigenvalue weighted by Crippen LogP contribution is -2.03. The van der Waals surface area contributed by atoms with E-state index in [1.54, 1.807) is 0 Å². The van der Waals surface area contributed by atoms with Gasteiger partial charge in [-0.1, -0.05) is 49.4 Å². The normalized spacial score (nSPS) is 10.3. The van der Waals surface area contributed by atoms with Crippen LogP contribution in [0.4, 0.5) is 5.69 Å². The zero-order valence-corrected chi connectivity index (χ0v) is 11.0. The highest BCUT2D eigenvalue weighted by molar-refractivity contribution is 5.45. The molecular formula is C17H21N.